The Morgan fingerprint density at radius 3 is 2.42 bits per heavy atom. The van der Waals surface area contributed by atoms with Crippen molar-refractivity contribution >= 4 is 48.2 Å². The summed E-state index contributed by atoms with van der Waals surface area (Å²) in [6.07, 6.45) is 0. The Morgan fingerprint density at radius 2 is 1.85 bits per heavy atom. The van der Waals surface area contributed by atoms with Gasteiger partial charge < -0.3 is 13.8 Å². The number of nitro benzene ring substituents is 1. The standard InChI is InChI=1S/C15H14Cl2NO6PS/c1-22-25(21,23-2)9-26-15-8-11(4-5-13(15)18(19)20)24-14-6-3-10(16)7-12(14)17/h3-8H,9H2,1-2H3. The maximum absolute atomic E-state index is 12.2. The zero-order valence-corrected chi connectivity index (χ0v) is 16.9. The molecular weight excluding hydrogens is 424 g/mol. The summed E-state index contributed by atoms with van der Waals surface area (Å²) in [5.74, 6) is 0.673. The molecule has 0 spiro atoms. The minimum Gasteiger partial charge on any atom is -0.456 e. The van der Waals surface area contributed by atoms with Crippen molar-refractivity contribution in [3.05, 3.63) is 56.6 Å². The SMILES string of the molecule is COP(=O)(CSc1cc(Oc2ccc(Cl)cc2Cl)ccc1[N+](=O)[O-])OC. The van der Waals surface area contributed by atoms with Gasteiger partial charge in [0.1, 0.15) is 17.0 Å². The van der Waals surface area contributed by atoms with Crippen molar-refractivity contribution in [1.29, 1.82) is 0 Å². The highest BCUT2D eigenvalue weighted by molar-refractivity contribution is 8.04. The fraction of sp³-hybridized carbons (Fsp3) is 0.200. The van der Waals surface area contributed by atoms with E-state index in [-0.39, 0.29) is 16.1 Å². The van der Waals surface area contributed by atoms with Gasteiger partial charge in [-0.15, -0.1) is 11.8 Å². The highest BCUT2D eigenvalue weighted by atomic mass is 35.5. The summed E-state index contributed by atoms with van der Waals surface area (Å²) >= 11 is 12.9. The molecule has 0 bridgehead atoms. The van der Waals surface area contributed by atoms with Gasteiger partial charge in [0, 0.05) is 31.4 Å². The summed E-state index contributed by atoms with van der Waals surface area (Å²) in [5, 5.41) is 12.0. The molecule has 11 heteroatoms. The Labute approximate surface area is 164 Å². The minimum atomic E-state index is -3.33. The average molecular weight is 438 g/mol. The van der Waals surface area contributed by atoms with Crippen LogP contribution in [0.25, 0.3) is 0 Å². The third-order valence-corrected chi connectivity index (χ3v) is 7.25. The molecule has 26 heavy (non-hydrogen) atoms. The molecule has 0 atom stereocenters. The number of benzene rings is 2. The summed E-state index contributed by atoms with van der Waals surface area (Å²) < 4.78 is 27.5. The van der Waals surface area contributed by atoms with Crippen molar-refractivity contribution in [2.75, 3.05) is 19.7 Å². The highest BCUT2D eigenvalue weighted by Gasteiger charge is 2.24. The summed E-state index contributed by atoms with van der Waals surface area (Å²) in [6.45, 7) is 0. The normalized spacial score (nSPS) is 11.4. The van der Waals surface area contributed by atoms with E-state index in [1.54, 1.807) is 12.1 Å². The highest BCUT2D eigenvalue weighted by Crippen LogP contribution is 2.52. The van der Waals surface area contributed by atoms with Gasteiger partial charge in [-0.1, -0.05) is 23.2 Å². The van der Waals surface area contributed by atoms with Crippen LogP contribution in [0, 0.1) is 10.1 Å². The van der Waals surface area contributed by atoms with Crippen LogP contribution in [0.15, 0.2) is 41.3 Å². The first-order valence-corrected chi connectivity index (χ1v) is 10.5. The molecule has 0 saturated heterocycles. The van der Waals surface area contributed by atoms with Gasteiger partial charge in [-0.25, -0.2) is 0 Å². The van der Waals surface area contributed by atoms with Crippen LogP contribution in [0.3, 0.4) is 0 Å². The van der Waals surface area contributed by atoms with E-state index in [2.05, 4.69) is 0 Å². The number of ether oxygens (including phenoxy) is 1. The van der Waals surface area contributed by atoms with Gasteiger partial charge in [-0.2, -0.15) is 0 Å². The maximum atomic E-state index is 12.2. The largest absolute Gasteiger partial charge is 0.456 e. The average Bonchev–Trinajstić information content (AvgIpc) is 2.62. The van der Waals surface area contributed by atoms with Crippen molar-refractivity contribution in [2.24, 2.45) is 0 Å². The predicted molar refractivity (Wildman–Crippen MR) is 102 cm³/mol. The maximum Gasteiger partial charge on any atom is 0.340 e. The Kier molecular flexibility index (Phi) is 7.34. The van der Waals surface area contributed by atoms with Crippen LogP contribution >= 0.6 is 42.6 Å². The summed E-state index contributed by atoms with van der Waals surface area (Å²) in [7, 11) is -0.825. The lowest BCUT2D eigenvalue weighted by molar-refractivity contribution is -0.387. The lowest BCUT2D eigenvalue weighted by Gasteiger charge is -2.13. The molecule has 0 aliphatic carbocycles. The Hall–Kier alpha value is -1.28. The van der Waals surface area contributed by atoms with Crippen LogP contribution in [-0.2, 0) is 13.6 Å². The molecule has 0 unspecified atom stereocenters. The number of hydrogen-bond acceptors (Lipinski definition) is 7. The Bertz CT molecular complexity index is 858. The quantitative estimate of drug-likeness (QED) is 0.209. The molecule has 0 aliphatic rings. The fourth-order valence-electron chi connectivity index (χ4n) is 1.84. The monoisotopic (exact) mass is 437 g/mol. The van der Waals surface area contributed by atoms with Gasteiger partial charge in [0.2, 0.25) is 0 Å². The number of rotatable bonds is 8. The molecule has 2 rings (SSSR count). The number of hydrogen-bond donors (Lipinski definition) is 0. The number of nitro groups is 1. The van der Waals surface area contributed by atoms with Crippen LogP contribution < -0.4 is 4.74 Å². The smallest absolute Gasteiger partial charge is 0.340 e. The van der Waals surface area contributed by atoms with Crippen molar-refractivity contribution < 1.29 is 23.3 Å². The van der Waals surface area contributed by atoms with Crippen molar-refractivity contribution in [1.82, 2.24) is 0 Å². The lowest BCUT2D eigenvalue weighted by atomic mass is 10.3. The second-order valence-electron chi connectivity index (χ2n) is 4.81. The van der Waals surface area contributed by atoms with E-state index in [1.807, 2.05) is 0 Å². The molecule has 0 heterocycles. The number of halogens is 2. The van der Waals surface area contributed by atoms with E-state index in [0.29, 0.717) is 21.5 Å². The van der Waals surface area contributed by atoms with E-state index in [0.717, 1.165) is 11.8 Å². The topological polar surface area (TPSA) is 87.9 Å². The van der Waals surface area contributed by atoms with Gasteiger partial charge in [-0.3, -0.25) is 14.7 Å². The molecule has 140 valence electrons. The first-order valence-electron chi connectivity index (χ1n) is 7.02. The van der Waals surface area contributed by atoms with Gasteiger partial charge >= 0.3 is 7.60 Å². The third-order valence-electron chi connectivity index (χ3n) is 3.18. The van der Waals surface area contributed by atoms with Crippen molar-refractivity contribution in [3.63, 3.8) is 0 Å². The molecule has 0 radical (unpaired) electrons. The van der Waals surface area contributed by atoms with Crippen LogP contribution in [-0.4, -0.2) is 24.6 Å². The summed E-state index contributed by atoms with van der Waals surface area (Å²) in [5.41, 5.74) is -0.241. The van der Waals surface area contributed by atoms with Crippen molar-refractivity contribution in [2.45, 2.75) is 4.90 Å². The molecule has 0 N–H and O–H groups in total. The molecule has 2 aromatic carbocycles. The molecule has 0 amide bonds. The lowest BCUT2D eigenvalue weighted by Crippen LogP contribution is -1.95. The molecule has 0 aliphatic heterocycles. The molecule has 2 aromatic rings. The van der Waals surface area contributed by atoms with E-state index in [4.69, 9.17) is 37.0 Å². The first kappa shape index (κ1) is 21.0. The first-order chi connectivity index (χ1) is 12.3. The molecule has 0 fully saturated rings. The molecule has 0 saturated carbocycles. The van der Waals surface area contributed by atoms with Gasteiger partial charge in [0.15, 0.2) is 0 Å². The second-order valence-corrected chi connectivity index (χ2v) is 9.37. The van der Waals surface area contributed by atoms with E-state index < -0.39 is 12.5 Å². The minimum absolute atomic E-state index is 0.0913. The van der Waals surface area contributed by atoms with E-state index in [9.17, 15) is 14.7 Å². The van der Waals surface area contributed by atoms with Crippen LogP contribution in [0.4, 0.5) is 5.69 Å². The van der Waals surface area contributed by atoms with Crippen molar-refractivity contribution in [3.8, 4) is 11.5 Å². The van der Waals surface area contributed by atoms with Crippen LogP contribution in [0.1, 0.15) is 0 Å². The van der Waals surface area contributed by atoms with Crippen LogP contribution in [0.2, 0.25) is 10.0 Å². The molecule has 7 nitrogen and oxygen atoms in total. The fourth-order valence-corrected chi connectivity index (χ4v) is 4.96. The summed E-state index contributed by atoms with van der Waals surface area (Å²) in [4.78, 5) is 11.0. The Morgan fingerprint density at radius 1 is 1.15 bits per heavy atom. The number of nitrogens with zero attached hydrogens (tertiary/aromatic N) is 1. The van der Waals surface area contributed by atoms with Gasteiger partial charge in [0.25, 0.3) is 5.69 Å². The van der Waals surface area contributed by atoms with E-state index >= 15 is 0 Å². The molecule has 0 aromatic heterocycles. The van der Waals surface area contributed by atoms with Gasteiger partial charge in [0.05, 0.1) is 14.8 Å². The second kappa shape index (κ2) is 9.08. The molecular formula is C15H14Cl2NO6PS. The Balaban J connectivity index is 2.29. The number of thioether (sulfide) groups is 1. The zero-order chi connectivity index (χ0) is 19.3. The van der Waals surface area contributed by atoms with Gasteiger partial charge in [-0.05, 0) is 24.3 Å². The third kappa shape index (κ3) is 5.36. The zero-order valence-electron chi connectivity index (χ0n) is 13.7. The predicted octanol–water partition coefficient (Wildman–Crippen LogP) is 6.23. The van der Waals surface area contributed by atoms with Crippen LogP contribution in [0.5, 0.6) is 11.5 Å². The van der Waals surface area contributed by atoms with E-state index in [1.165, 1.54) is 38.5 Å². The summed E-state index contributed by atoms with van der Waals surface area (Å²) in [6, 6.07) is 8.92.